The fourth-order valence-electron chi connectivity index (χ4n) is 1.43. The van der Waals surface area contributed by atoms with E-state index in [4.69, 9.17) is 16.3 Å². The van der Waals surface area contributed by atoms with Crippen LogP contribution in [0.3, 0.4) is 0 Å². The van der Waals surface area contributed by atoms with Crippen LogP contribution in [0, 0.1) is 0 Å². The largest absolute Gasteiger partial charge is 0.490 e. The summed E-state index contributed by atoms with van der Waals surface area (Å²) in [6.07, 6.45) is 1.73. The van der Waals surface area contributed by atoms with Crippen molar-refractivity contribution in [3.05, 3.63) is 33.9 Å². The summed E-state index contributed by atoms with van der Waals surface area (Å²) >= 11 is 9.55. The highest BCUT2D eigenvalue weighted by molar-refractivity contribution is 9.10. The van der Waals surface area contributed by atoms with Crippen molar-refractivity contribution >= 4 is 38.4 Å². The zero-order valence-electron chi connectivity index (χ0n) is 8.13. The number of benzene rings is 1. The Hall–Kier alpha value is -0.800. The van der Waals surface area contributed by atoms with E-state index in [1.54, 1.807) is 6.20 Å². The van der Waals surface area contributed by atoms with Crippen LogP contribution in [0.1, 0.15) is 6.92 Å². The molecule has 0 saturated carbocycles. The second-order valence-electron chi connectivity index (χ2n) is 3.00. The number of hydrogen-bond donors (Lipinski definition) is 0. The van der Waals surface area contributed by atoms with Crippen molar-refractivity contribution in [3.63, 3.8) is 0 Å². The van der Waals surface area contributed by atoms with Crippen molar-refractivity contribution in [2.75, 3.05) is 6.61 Å². The normalized spacial score (nSPS) is 10.6. The standard InChI is InChI=1S/C11H9BrClNO/c1-2-15-11-9(13)6-8(12)7-4-3-5-14-10(7)11/h3-6H,2H2,1H3. The van der Waals surface area contributed by atoms with Crippen molar-refractivity contribution in [2.45, 2.75) is 6.92 Å². The summed E-state index contributed by atoms with van der Waals surface area (Å²) < 4.78 is 6.42. The van der Waals surface area contributed by atoms with Gasteiger partial charge in [0.2, 0.25) is 0 Å². The monoisotopic (exact) mass is 285 g/mol. The molecule has 0 amide bonds. The van der Waals surface area contributed by atoms with E-state index in [9.17, 15) is 0 Å². The summed E-state index contributed by atoms with van der Waals surface area (Å²) in [6, 6.07) is 5.69. The number of rotatable bonds is 2. The van der Waals surface area contributed by atoms with Gasteiger partial charge in [-0.15, -0.1) is 0 Å². The lowest BCUT2D eigenvalue weighted by Gasteiger charge is -2.09. The van der Waals surface area contributed by atoms with Crippen LogP contribution in [0.25, 0.3) is 10.9 Å². The van der Waals surface area contributed by atoms with E-state index in [2.05, 4.69) is 20.9 Å². The molecule has 0 fully saturated rings. The maximum atomic E-state index is 6.09. The Morgan fingerprint density at radius 1 is 1.53 bits per heavy atom. The molecule has 0 aliphatic heterocycles. The fraction of sp³-hybridized carbons (Fsp3) is 0.182. The average molecular weight is 287 g/mol. The third-order valence-electron chi connectivity index (χ3n) is 2.04. The predicted molar refractivity (Wildman–Crippen MR) is 65.6 cm³/mol. The molecule has 2 rings (SSSR count). The number of halogens is 2. The molecule has 2 nitrogen and oxygen atoms in total. The molecule has 78 valence electrons. The summed E-state index contributed by atoms with van der Waals surface area (Å²) in [5.74, 6) is 0.651. The fourth-order valence-corrected chi connectivity index (χ4v) is 2.36. The minimum atomic E-state index is 0.576. The highest BCUT2D eigenvalue weighted by Crippen LogP contribution is 2.36. The van der Waals surface area contributed by atoms with Crippen LogP contribution in [-0.2, 0) is 0 Å². The predicted octanol–water partition coefficient (Wildman–Crippen LogP) is 4.05. The first kappa shape index (κ1) is 10.7. The molecule has 0 aliphatic rings. The second kappa shape index (κ2) is 4.37. The summed E-state index contributed by atoms with van der Waals surface area (Å²) in [5.41, 5.74) is 0.790. The summed E-state index contributed by atoms with van der Waals surface area (Å²) in [7, 11) is 0. The number of hydrogen-bond acceptors (Lipinski definition) is 2. The Kier molecular flexibility index (Phi) is 3.12. The maximum Gasteiger partial charge on any atom is 0.164 e. The molecule has 1 aromatic carbocycles. The number of aromatic nitrogens is 1. The maximum absolute atomic E-state index is 6.09. The average Bonchev–Trinajstić information content (AvgIpc) is 2.24. The highest BCUT2D eigenvalue weighted by Gasteiger charge is 2.11. The van der Waals surface area contributed by atoms with Gasteiger partial charge in [-0.1, -0.05) is 33.6 Å². The van der Waals surface area contributed by atoms with Crippen LogP contribution < -0.4 is 4.74 Å². The van der Waals surface area contributed by atoms with Crippen molar-refractivity contribution in [1.29, 1.82) is 0 Å². The molecule has 15 heavy (non-hydrogen) atoms. The van der Waals surface area contributed by atoms with E-state index in [1.165, 1.54) is 0 Å². The van der Waals surface area contributed by atoms with Gasteiger partial charge in [0.05, 0.1) is 11.6 Å². The van der Waals surface area contributed by atoms with Gasteiger partial charge in [0.25, 0.3) is 0 Å². The van der Waals surface area contributed by atoms with E-state index in [0.717, 1.165) is 15.4 Å². The number of pyridine rings is 1. The molecule has 0 radical (unpaired) electrons. The van der Waals surface area contributed by atoms with Gasteiger partial charge in [0.1, 0.15) is 5.52 Å². The quantitative estimate of drug-likeness (QED) is 0.831. The van der Waals surface area contributed by atoms with Crippen molar-refractivity contribution < 1.29 is 4.74 Å². The lowest BCUT2D eigenvalue weighted by atomic mass is 10.2. The van der Waals surface area contributed by atoms with Crippen LogP contribution in [0.5, 0.6) is 5.75 Å². The molecular formula is C11H9BrClNO. The lowest BCUT2D eigenvalue weighted by Crippen LogP contribution is -1.95. The van der Waals surface area contributed by atoms with Gasteiger partial charge < -0.3 is 4.74 Å². The Balaban J connectivity index is 2.77. The Morgan fingerprint density at radius 3 is 3.07 bits per heavy atom. The summed E-state index contributed by atoms with van der Waals surface area (Å²) in [4.78, 5) is 4.28. The molecule has 0 N–H and O–H groups in total. The Bertz CT molecular complexity index is 501. The molecule has 0 saturated heterocycles. The van der Waals surface area contributed by atoms with Gasteiger partial charge in [-0.05, 0) is 19.1 Å². The van der Waals surface area contributed by atoms with Gasteiger partial charge >= 0.3 is 0 Å². The molecule has 1 heterocycles. The van der Waals surface area contributed by atoms with Crippen LogP contribution in [-0.4, -0.2) is 11.6 Å². The SMILES string of the molecule is CCOc1c(Cl)cc(Br)c2cccnc12. The minimum Gasteiger partial charge on any atom is -0.490 e. The topological polar surface area (TPSA) is 22.1 Å². The van der Waals surface area contributed by atoms with Gasteiger partial charge in [-0.25, -0.2) is 0 Å². The summed E-state index contributed by atoms with van der Waals surface area (Å²) in [6.45, 7) is 2.50. The first-order chi connectivity index (χ1) is 7.24. The summed E-state index contributed by atoms with van der Waals surface area (Å²) in [5, 5.41) is 1.58. The van der Waals surface area contributed by atoms with E-state index in [1.807, 2.05) is 25.1 Å². The highest BCUT2D eigenvalue weighted by atomic mass is 79.9. The minimum absolute atomic E-state index is 0.576. The molecule has 0 aliphatic carbocycles. The second-order valence-corrected chi connectivity index (χ2v) is 4.26. The molecule has 1 aromatic heterocycles. The Labute approximate surface area is 101 Å². The molecular weight excluding hydrogens is 277 g/mol. The number of ether oxygens (including phenoxy) is 1. The van der Waals surface area contributed by atoms with E-state index < -0.39 is 0 Å². The van der Waals surface area contributed by atoms with Gasteiger partial charge in [-0.2, -0.15) is 0 Å². The molecule has 0 bridgehead atoms. The first-order valence-corrected chi connectivity index (χ1v) is 5.76. The van der Waals surface area contributed by atoms with Crippen LogP contribution in [0.15, 0.2) is 28.9 Å². The molecule has 2 aromatic rings. The van der Waals surface area contributed by atoms with Crippen molar-refractivity contribution in [1.82, 2.24) is 4.98 Å². The molecule has 4 heteroatoms. The van der Waals surface area contributed by atoms with Gasteiger partial charge in [0, 0.05) is 16.1 Å². The van der Waals surface area contributed by atoms with Crippen LogP contribution in [0.2, 0.25) is 5.02 Å². The van der Waals surface area contributed by atoms with Crippen LogP contribution in [0.4, 0.5) is 0 Å². The van der Waals surface area contributed by atoms with E-state index in [0.29, 0.717) is 17.4 Å². The zero-order valence-corrected chi connectivity index (χ0v) is 10.5. The third-order valence-corrected chi connectivity index (χ3v) is 2.98. The molecule has 0 unspecified atom stereocenters. The number of nitrogens with zero attached hydrogens (tertiary/aromatic N) is 1. The van der Waals surface area contributed by atoms with Gasteiger partial charge in [0.15, 0.2) is 5.75 Å². The third kappa shape index (κ3) is 1.94. The van der Waals surface area contributed by atoms with Crippen LogP contribution >= 0.6 is 27.5 Å². The van der Waals surface area contributed by atoms with Crippen molar-refractivity contribution in [3.8, 4) is 5.75 Å². The number of fused-ring (bicyclic) bond motifs is 1. The Morgan fingerprint density at radius 2 is 2.33 bits per heavy atom. The van der Waals surface area contributed by atoms with E-state index >= 15 is 0 Å². The lowest BCUT2D eigenvalue weighted by molar-refractivity contribution is 0.344. The van der Waals surface area contributed by atoms with Gasteiger partial charge in [-0.3, -0.25) is 4.98 Å². The zero-order chi connectivity index (χ0) is 10.8. The smallest absolute Gasteiger partial charge is 0.164 e. The van der Waals surface area contributed by atoms with E-state index in [-0.39, 0.29) is 0 Å². The first-order valence-electron chi connectivity index (χ1n) is 4.59. The van der Waals surface area contributed by atoms with Crippen molar-refractivity contribution in [2.24, 2.45) is 0 Å². The molecule has 0 spiro atoms. The molecule has 0 atom stereocenters.